The molecule has 0 saturated carbocycles. The van der Waals surface area contributed by atoms with Gasteiger partial charge in [-0.15, -0.1) is 5.06 Å². The summed E-state index contributed by atoms with van der Waals surface area (Å²) < 4.78 is 6.32. The molecule has 17 nitrogen and oxygen atoms in total. The Bertz CT molecular complexity index is 2190. The zero-order valence-corrected chi connectivity index (χ0v) is 39.5. The van der Waals surface area contributed by atoms with Gasteiger partial charge >= 0.3 is 11.9 Å². The number of aromatic nitrogens is 1. The fraction of sp³-hybridized carbons (Fsp3) is 0.529. The fourth-order valence-electron chi connectivity index (χ4n) is 8.96. The third-order valence-electron chi connectivity index (χ3n) is 12.3. The molecule has 0 radical (unpaired) electrons. The number of nitrogens with zero attached hydrogens (tertiary/aromatic N) is 4. The minimum atomic E-state index is -0.793. The Morgan fingerprint density at radius 3 is 2.29 bits per heavy atom. The first-order chi connectivity index (χ1) is 32.6. The number of aliphatic hydroxyl groups is 1. The van der Waals surface area contributed by atoms with Gasteiger partial charge in [0.05, 0.1) is 12.1 Å². The summed E-state index contributed by atoms with van der Waals surface area (Å²) in [4.78, 5) is 104. The first-order valence-corrected chi connectivity index (χ1v) is 23.9. The van der Waals surface area contributed by atoms with E-state index in [0.29, 0.717) is 69.9 Å². The van der Waals surface area contributed by atoms with Crippen LogP contribution in [0.25, 0.3) is 0 Å². The van der Waals surface area contributed by atoms with Crippen molar-refractivity contribution in [3.8, 4) is 0 Å². The average Bonchev–Trinajstić information content (AvgIpc) is 3.79. The number of piperazine rings is 1. The van der Waals surface area contributed by atoms with E-state index < -0.39 is 59.5 Å². The SMILES string of the molecule is CC(C)(C)NC(=O)[C@@H]1CN(Cc2cccnc2)CCN1C[C@H](C[C@H](Cc1ccccc1)C(=O)N[C@H]1c2ccccc2C[C@H]1O)OC(=O)CCCCCNC(=O)CCCC(=O)ON1C(=O)CCC1=O. The van der Waals surface area contributed by atoms with Crippen molar-refractivity contribution in [1.29, 1.82) is 0 Å². The summed E-state index contributed by atoms with van der Waals surface area (Å²) in [7, 11) is 0. The number of ether oxygens (including phenoxy) is 1. The van der Waals surface area contributed by atoms with Crippen LogP contribution in [0.3, 0.4) is 0 Å². The number of rotatable bonds is 23. The maximum Gasteiger partial charge on any atom is 0.333 e. The molecular weight excluding hydrogens is 871 g/mol. The van der Waals surface area contributed by atoms with Crippen molar-refractivity contribution in [1.82, 2.24) is 35.8 Å². The molecule has 4 N–H and O–H groups in total. The van der Waals surface area contributed by atoms with E-state index in [2.05, 4.69) is 30.7 Å². The van der Waals surface area contributed by atoms with Gasteiger partial charge in [0, 0.05) is 102 Å². The first-order valence-electron chi connectivity index (χ1n) is 23.9. The molecule has 5 atom stereocenters. The number of imide groups is 1. The minimum absolute atomic E-state index is 0.00199. The van der Waals surface area contributed by atoms with Crippen LogP contribution in [-0.4, -0.2) is 123 Å². The van der Waals surface area contributed by atoms with E-state index in [9.17, 15) is 38.7 Å². The molecule has 2 fully saturated rings. The van der Waals surface area contributed by atoms with E-state index in [1.807, 2.05) is 93.7 Å². The molecule has 5 amide bonds. The molecule has 1 aliphatic carbocycles. The smallest absolute Gasteiger partial charge is 0.333 e. The molecule has 6 rings (SSSR count). The standard InChI is InChI=1S/C51H67N7O10/c1-51(2,3)55-50(66)41-34-56(32-36-16-13-24-52-31-36)26-27-57(41)33-39(29-38(28-35-14-6-4-7-15-35)49(65)54-48-40-18-10-9-17-37(40)30-42(48)59)67-46(63)20-8-5-11-25-53-43(60)19-12-21-47(64)68-58-44(61)22-23-45(58)62/h4,6-7,9-10,13-18,24,31,38-39,41-42,48,59H,5,8,11-12,19-23,25-30,32-34H2,1-3H3,(H,53,60)(H,54,65)(H,55,66)/t38-,39-,41-,42+,48-/m0/s1. The highest BCUT2D eigenvalue weighted by Crippen LogP contribution is 2.32. The molecule has 17 heteroatoms. The second-order valence-electron chi connectivity index (χ2n) is 19.1. The van der Waals surface area contributed by atoms with E-state index in [-0.39, 0.29) is 69.2 Å². The highest BCUT2D eigenvalue weighted by atomic mass is 16.7. The highest BCUT2D eigenvalue weighted by molar-refractivity contribution is 6.01. The Morgan fingerprint density at radius 1 is 0.838 bits per heavy atom. The third kappa shape index (κ3) is 15.8. The van der Waals surface area contributed by atoms with Gasteiger partial charge in [0.15, 0.2) is 0 Å². The van der Waals surface area contributed by atoms with Crippen molar-refractivity contribution in [3.05, 3.63) is 101 Å². The predicted molar refractivity (Wildman–Crippen MR) is 250 cm³/mol. The lowest BCUT2D eigenvalue weighted by molar-refractivity contribution is -0.197. The van der Waals surface area contributed by atoms with Crippen LogP contribution in [0.5, 0.6) is 0 Å². The van der Waals surface area contributed by atoms with Crippen molar-refractivity contribution in [3.63, 3.8) is 0 Å². The van der Waals surface area contributed by atoms with Gasteiger partial charge in [-0.05, 0) is 81.2 Å². The van der Waals surface area contributed by atoms with E-state index in [0.717, 1.165) is 22.3 Å². The lowest BCUT2D eigenvalue weighted by Gasteiger charge is -2.42. The highest BCUT2D eigenvalue weighted by Gasteiger charge is 2.39. The maximum atomic E-state index is 14.5. The van der Waals surface area contributed by atoms with E-state index in [1.54, 1.807) is 6.20 Å². The normalized spacial score (nSPS) is 19.5. The number of carbonyl (C=O) groups is 7. The average molecular weight is 938 g/mol. The fourth-order valence-corrected chi connectivity index (χ4v) is 8.96. The number of fused-ring (bicyclic) bond motifs is 1. The van der Waals surface area contributed by atoms with Crippen LogP contribution in [0.15, 0.2) is 79.1 Å². The lowest BCUT2D eigenvalue weighted by Crippen LogP contribution is -2.62. The quantitative estimate of drug-likeness (QED) is 0.0605. The van der Waals surface area contributed by atoms with Crippen LogP contribution in [0.2, 0.25) is 0 Å². The van der Waals surface area contributed by atoms with Crippen molar-refractivity contribution in [2.45, 2.75) is 134 Å². The number of amides is 5. The molecule has 366 valence electrons. The number of carbonyl (C=O) groups excluding carboxylic acids is 7. The van der Waals surface area contributed by atoms with E-state index >= 15 is 0 Å². The third-order valence-corrected chi connectivity index (χ3v) is 12.3. The van der Waals surface area contributed by atoms with Crippen molar-refractivity contribution >= 4 is 41.5 Å². The van der Waals surface area contributed by atoms with Gasteiger partial charge in [-0.25, -0.2) is 4.79 Å². The molecule has 68 heavy (non-hydrogen) atoms. The van der Waals surface area contributed by atoms with Gasteiger partial charge < -0.3 is 30.6 Å². The molecular formula is C51H67N7O10. The zero-order valence-electron chi connectivity index (χ0n) is 39.5. The molecule has 2 aromatic carbocycles. The summed E-state index contributed by atoms with van der Waals surface area (Å²) >= 11 is 0. The molecule has 0 bridgehead atoms. The van der Waals surface area contributed by atoms with Gasteiger partial charge in [0.25, 0.3) is 11.8 Å². The molecule has 2 saturated heterocycles. The number of unbranched alkanes of at least 4 members (excludes halogenated alkanes) is 2. The zero-order chi connectivity index (χ0) is 48.6. The van der Waals surface area contributed by atoms with Crippen molar-refractivity contribution in [2.24, 2.45) is 5.92 Å². The van der Waals surface area contributed by atoms with Gasteiger partial charge in [0.1, 0.15) is 12.1 Å². The second kappa shape index (κ2) is 24.8. The number of nitrogens with one attached hydrogen (secondary N) is 3. The van der Waals surface area contributed by atoms with Crippen molar-refractivity contribution < 1.29 is 48.2 Å². The Kier molecular flexibility index (Phi) is 18.7. The number of esters is 1. The van der Waals surface area contributed by atoms with Crippen LogP contribution in [0.4, 0.5) is 0 Å². The van der Waals surface area contributed by atoms with Crippen molar-refractivity contribution in [2.75, 3.05) is 32.7 Å². The van der Waals surface area contributed by atoms with Crippen LogP contribution >= 0.6 is 0 Å². The number of pyridine rings is 1. The summed E-state index contributed by atoms with van der Waals surface area (Å²) in [6.45, 7) is 8.57. The molecule has 3 aliphatic rings. The molecule has 1 aromatic heterocycles. The lowest BCUT2D eigenvalue weighted by atomic mass is 9.91. The minimum Gasteiger partial charge on any atom is -0.461 e. The molecule has 2 aliphatic heterocycles. The Balaban J connectivity index is 1.09. The van der Waals surface area contributed by atoms with Gasteiger partial charge in [-0.1, -0.05) is 67.1 Å². The molecule has 0 spiro atoms. The number of benzene rings is 2. The second-order valence-corrected chi connectivity index (χ2v) is 19.1. The van der Waals surface area contributed by atoms with Crippen LogP contribution in [0.1, 0.15) is 113 Å². The first kappa shape index (κ1) is 51.4. The van der Waals surface area contributed by atoms with Gasteiger partial charge in [-0.2, -0.15) is 0 Å². The Morgan fingerprint density at radius 2 is 1.56 bits per heavy atom. The van der Waals surface area contributed by atoms with Gasteiger partial charge in [-0.3, -0.25) is 43.6 Å². The van der Waals surface area contributed by atoms with E-state index in [4.69, 9.17) is 9.57 Å². The predicted octanol–water partition coefficient (Wildman–Crippen LogP) is 3.87. The summed E-state index contributed by atoms with van der Waals surface area (Å²) in [6.07, 6.45) is 4.83. The van der Waals surface area contributed by atoms with Gasteiger partial charge in [0.2, 0.25) is 17.7 Å². The Labute approximate surface area is 398 Å². The number of hydrogen-bond donors (Lipinski definition) is 4. The molecule has 3 heterocycles. The van der Waals surface area contributed by atoms with E-state index in [1.165, 1.54) is 0 Å². The largest absolute Gasteiger partial charge is 0.461 e. The van der Waals surface area contributed by atoms with Crippen LogP contribution < -0.4 is 16.0 Å². The number of hydrogen-bond acceptors (Lipinski definition) is 13. The monoisotopic (exact) mass is 937 g/mol. The topological polar surface area (TPSA) is 217 Å². The maximum absolute atomic E-state index is 14.5. The molecule has 3 aromatic rings. The Hall–Kier alpha value is -6.04. The molecule has 0 unspecified atom stereocenters. The number of aliphatic hydroxyl groups excluding tert-OH is 1. The van der Waals surface area contributed by atoms with Crippen LogP contribution in [0, 0.1) is 5.92 Å². The summed E-state index contributed by atoms with van der Waals surface area (Å²) in [5, 5.41) is 20.7. The summed E-state index contributed by atoms with van der Waals surface area (Å²) in [6, 6.07) is 20.1. The number of hydroxylamine groups is 2. The summed E-state index contributed by atoms with van der Waals surface area (Å²) in [5.41, 5.74) is 3.32. The summed E-state index contributed by atoms with van der Waals surface area (Å²) in [5.74, 6) is -3.65. The van der Waals surface area contributed by atoms with Crippen LogP contribution in [-0.2, 0) is 62.5 Å².